The quantitative estimate of drug-likeness (QED) is 0.827. The third-order valence-electron chi connectivity index (χ3n) is 3.08. The Morgan fingerprint density at radius 3 is 2.75 bits per heavy atom. The fourth-order valence-corrected chi connectivity index (χ4v) is 2.17. The summed E-state index contributed by atoms with van der Waals surface area (Å²) in [5, 5.41) is 5.43. The molecule has 0 aromatic heterocycles. The van der Waals surface area contributed by atoms with E-state index < -0.39 is 17.7 Å². The van der Waals surface area contributed by atoms with Crippen molar-refractivity contribution < 1.29 is 14.3 Å². The Morgan fingerprint density at radius 1 is 1.40 bits per heavy atom. The van der Waals surface area contributed by atoms with Crippen molar-refractivity contribution in [1.29, 1.82) is 0 Å². The van der Waals surface area contributed by atoms with Crippen LogP contribution in [0.4, 0.5) is 10.5 Å². The second-order valence-electron chi connectivity index (χ2n) is 5.99. The maximum atomic E-state index is 12.0. The fraction of sp³-hybridized carbons (Fsp3) is 0.467. The van der Waals surface area contributed by atoms with Crippen LogP contribution in [0.15, 0.2) is 18.2 Å². The number of fused-ring (bicyclic) bond motifs is 1. The fourth-order valence-electron chi connectivity index (χ4n) is 2.17. The normalized spacial score (nSPS) is 18.0. The van der Waals surface area contributed by atoms with Gasteiger partial charge < -0.3 is 15.4 Å². The first kappa shape index (κ1) is 14.4. The van der Waals surface area contributed by atoms with Gasteiger partial charge in [0.05, 0.1) is 0 Å². The Balaban J connectivity index is 2.10. The van der Waals surface area contributed by atoms with E-state index in [2.05, 4.69) is 10.6 Å². The summed E-state index contributed by atoms with van der Waals surface area (Å²) in [6, 6.07) is 5.15. The molecule has 0 aliphatic carbocycles. The molecular formula is C15H20N2O3. The molecule has 1 aliphatic heterocycles. The van der Waals surface area contributed by atoms with Crippen molar-refractivity contribution in [3.05, 3.63) is 29.3 Å². The van der Waals surface area contributed by atoms with Gasteiger partial charge in [0, 0.05) is 12.1 Å². The van der Waals surface area contributed by atoms with Gasteiger partial charge in [-0.2, -0.15) is 0 Å². The Morgan fingerprint density at radius 2 is 2.10 bits per heavy atom. The van der Waals surface area contributed by atoms with Gasteiger partial charge in [-0.25, -0.2) is 4.79 Å². The molecule has 5 heteroatoms. The number of nitrogens with one attached hydrogen (secondary N) is 2. The highest BCUT2D eigenvalue weighted by molar-refractivity contribution is 5.99. The number of hydrogen-bond donors (Lipinski definition) is 2. The molecule has 2 amide bonds. The Labute approximate surface area is 118 Å². The van der Waals surface area contributed by atoms with Gasteiger partial charge in [-0.1, -0.05) is 12.1 Å². The van der Waals surface area contributed by atoms with Gasteiger partial charge in [0.2, 0.25) is 5.91 Å². The molecular weight excluding hydrogens is 256 g/mol. The van der Waals surface area contributed by atoms with E-state index in [1.807, 2.05) is 25.1 Å². The van der Waals surface area contributed by atoms with Crippen LogP contribution in [-0.4, -0.2) is 23.6 Å². The molecule has 1 aromatic rings. The highest BCUT2D eigenvalue weighted by Gasteiger charge is 2.29. The smallest absolute Gasteiger partial charge is 0.408 e. The minimum absolute atomic E-state index is 0.214. The summed E-state index contributed by atoms with van der Waals surface area (Å²) in [7, 11) is 0. The van der Waals surface area contributed by atoms with Crippen LogP contribution in [0.5, 0.6) is 0 Å². The maximum Gasteiger partial charge on any atom is 0.408 e. The van der Waals surface area contributed by atoms with Crippen LogP contribution in [0.2, 0.25) is 0 Å². The van der Waals surface area contributed by atoms with Crippen LogP contribution in [0, 0.1) is 6.92 Å². The van der Waals surface area contributed by atoms with Crippen LogP contribution in [0.3, 0.4) is 0 Å². The third-order valence-corrected chi connectivity index (χ3v) is 3.08. The van der Waals surface area contributed by atoms with Gasteiger partial charge in [0.1, 0.15) is 11.6 Å². The summed E-state index contributed by atoms with van der Waals surface area (Å²) in [5.41, 5.74) is 2.38. The molecule has 1 aromatic carbocycles. The van der Waals surface area contributed by atoms with E-state index in [1.165, 1.54) is 0 Å². The number of hydrogen-bond acceptors (Lipinski definition) is 3. The monoisotopic (exact) mass is 276 g/mol. The van der Waals surface area contributed by atoms with Crippen LogP contribution in [0.1, 0.15) is 31.9 Å². The van der Waals surface area contributed by atoms with Gasteiger partial charge in [-0.15, -0.1) is 0 Å². The largest absolute Gasteiger partial charge is 0.444 e. The summed E-state index contributed by atoms with van der Waals surface area (Å²) in [4.78, 5) is 23.7. The lowest BCUT2D eigenvalue weighted by atomic mass is 9.95. The number of benzene rings is 1. The Kier molecular flexibility index (Phi) is 3.70. The molecule has 1 aliphatic rings. The van der Waals surface area contributed by atoms with Crippen LogP contribution in [-0.2, 0) is 16.0 Å². The molecule has 0 fully saturated rings. The molecule has 1 unspecified atom stereocenters. The highest BCUT2D eigenvalue weighted by Crippen LogP contribution is 2.25. The highest BCUT2D eigenvalue weighted by atomic mass is 16.6. The molecule has 20 heavy (non-hydrogen) atoms. The van der Waals surface area contributed by atoms with Crippen molar-refractivity contribution in [2.75, 3.05) is 5.32 Å². The molecule has 0 saturated heterocycles. The van der Waals surface area contributed by atoms with Crippen LogP contribution >= 0.6 is 0 Å². The van der Waals surface area contributed by atoms with E-state index in [-0.39, 0.29) is 5.91 Å². The zero-order chi connectivity index (χ0) is 14.9. The molecule has 1 heterocycles. The lowest BCUT2D eigenvalue weighted by Crippen LogP contribution is -2.49. The first-order chi connectivity index (χ1) is 9.26. The van der Waals surface area contributed by atoms with E-state index in [1.54, 1.807) is 20.8 Å². The molecule has 108 valence electrons. The summed E-state index contributed by atoms with van der Waals surface area (Å²) >= 11 is 0. The molecule has 0 bridgehead atoms. The number of carbonyl (C=O) groups is 2. The number of alkyl carbamates (subject to hydrolysis) is 1. The third kappa shape index (κ3) is 3.29. The lowest BCUT2D eigenvalue weighted by molar-refractivity contribution is -0.118. The first-order valence-electron chi connectivity index (χ1n) is 6.65. The van der Waals surface area contributed by atoms with Gasteiger partial charge in [0.15, 0.2) is 0 Å². The molecule has 0 saturated carbocycles. The number of aryl methyl sites for hydroxylation is 1. The maximum absolute atomic E-state index is 12.0. The second-order valence-corrected chi connectivity index (χ2v) is 5.99. The zero-order valence-corrected chi connectivity index (χ0v) is 12.2. The summed E-state index contributed by atoms with van der Waals surface area (Å²) in [6.07, 6.45) is -0.0951. The van der Waals surface area contributed by atoms with Gasteiger partial charge >= 0.3 is 6.09 Å². The molecule has 2 rings (SSSR count). The minimum atomic E-state index is -0.599. The first-order valence-corrected chi connectivity index (χ1v) is 6.65. The Bertz CT molecular complexity index is 547. The van der Waals surface area contributed by atoms with Crippen molar-refractivity contribution in [3.8, 4) is 0 Å². The number of ether oxygens (including phenoxy) is 1. The summed E-state index contributed by atoms with van der Waals surface area (Å²) < 4.78 is 5.18. The van der Waals surface area contributed by atoms with E-state index in [4.69, 9.17) is 4.74 Å². The number of carbonyl (C=O) groups excluding carboxylic acids is 2. The molecule has 0 spiro atoms. The predicted molar refractivity (Wildman–Crippen MR) is 76.7 cm³/mol. The van der Waals surface area contributed by atoms with Crippen molar-refractivity contribution in [2.45, 2.75) is 45.8 Å². The van der Waals surface area contributed by atoms with E-state index >= 15 is 0 Å². The Hall–Kier alpha value is -2.04. The predicted octanol–water partition coefficient (Wildman–Crippen LogP) is 2.38. The second kappa shape index (κ2) is 5.15. The average molecular weight is 276 g/mol. The number of amides is 2. The summed E-state index contributed by atoms with van der Waals surface area (Å²) in [5.74, 6) is -0.214. The van der Waals surface area contributed by atoms with Crippen molar-refractivity contribution in [2.24, 2.45) is 0 Å². The molecule has 1 atom stereocenters. The van der Waals surface area contributed by atoms with Gasteiger partial charge in [0.25, 0.3) is 0 Å². The molecule has 2 N–H and O–H groups in total. The van der Waals surface area contributed by atoms with E-state index in [0.29, 0.717) is 6.42 Å². The van der Waals surface area contributed by atoms with Gasteiger partial charge in [-0.05, 0) is 44.9 Å². The van der Waals surface area contributed by atoms with Crippen molar-refractivity contribution >= 4 is 17.7 Å². The lowest BCUT2D eigenvalue weighted by Gasteiger charge is -2.28. The zero-order valence-electron chi connectivity index (χ0n) is 12.2. The SMILES string of the molecule is Cc1cccc2c1CC(NC(=O)OC(C)(C)C)C(=O)N2. The molecule has 5 nitrogen and oxygen atoms in total. The van der Waals surface area contributed by atoms with E-state index in [9.17, 15) is 9.59 Å². The standard InChI is InChI=1S/C15H20N2O3/c1-9-6-5-7-11-10(9)8-12(13(18)16-11)17-14(19)20-15(2,3)4/h5-7,12H,8H2,1-4H3,(H,16,18)(H,17,19). The van der Waals surface area contributed by atoms with Gasteiger partial charge in [-0.3, -0.25) is 4.79 Å². The average Bonchev–Trinajstić information content (AvgIpc) is 2.29. The van der Waals surface area contributed by atoms with Crippen LogP contribution < -0.4 is 10.6 Å². The number of anilines is 1. The van der Waals surface area contributed by atoms with Crippen LogP contribution in [0.25, 0.3) is 0 Å². The van der Waals surface area contributed by atoms with Crippen molar-refractivity contribution in [3.63, 3.8) is 0 Å². The van der Waals surface area contributed by atoms with Crippen molar-refractivity contribution in [1.82, 2.24) is 5.32 Å². The summed E-state index contributed by atoms with van der Waals surface area (Å²) in [6.45, 7) is 7.34. The topological polar surface area (TPSA) is 67.4 Å². The molecule has 0 radical (unpaired) electrons. The van der Waals surface area contributed by atoms with E-state index in [0.717, 1.165) is 16.8 Å². The minimum Gasteiger partial charge on any atom is -0.444 e. The number of rotatable bonds is 1.